The first kappa shape index (κ1) is 21.1. The molecule has 1 aliphatic rings. The predicted molar refractivity (Wildman–Crippen MR) is 123 cm³/mol. The Morgan fingerprint density at radius 3 is 2.53 bits per heavy atom. The third-order valence-electron chi connectivity index (χ3n) is 5.44. The van der Waals surface area contributed by atoms with E-state index in [1.54, 1.807) is 11.8 Å². The minimum absolute atomic E-state index is 0.0606. The number of hydrogen-bond acceptors (Lipinski definition) is 5. The predicted octanol–water partition coefficient (Wildman–Crippen LogP) is 4.03. The largest absolute Gasteiger partial charge is 0.379 e. The molecule has 6 heteroatoms. The maximum Gasteiger partial charge on any atom is 0.262 e. The Hall–Kier alpha value is -2.15. The van der Waals surface area contributed by atoms with E-state index in [2.05, 4.69) is 36.9 Å². The highest BCUT2D eigenvalue weighted by molar-refractivity contribution is 7.98. The average Bonchev–Trinajstić information content (AvgIpc) is 2.74. The lowest BCUT2D eigenvalue weighted by atomic mass is 10.1. The molecular weight excluding hydrogens is 394 g/mol. The molecule has 0 saturated carbocycles. The summed E-state index contributed by atoms with van der Waals surface area (Å²) in [6.45, 7) is 9.45. The normalized spacial score (nSPS) is 15.0. The first-order valence-corrected chi connectivity index (χ1v) is 11.6. The van der Waals surface area contributed by atoms with Crippen LogP contribution in [0.1, 0.15) is 23.1 Å². The Labute approximate surface area is 182 Å². The van der Waals surface area contributed by atoms with Gasteiger partial charge in [0.2, 0.25) is 0 Å². The number of fused-ring (bicyclic) bond motifs is 1. The second-order valence-electron chi connectivity index (χ2n) is 7.96. The molecule has 0 aliphatic carbocycles. The van der Waals surface area contributed by atoms with Crippen LogP contribution in [-0.2, 0) is 17.0 Å². The molecule has 0 radical (unpaired) electrons. The van der Waals surface area contributed by atoms with Crippen LogP contribution in [-0.4, -0.2) is 47.3 Å². The molecule has 0 amide bonds. The van der Waals surface area contributed by atoms with Crippen molar-refractivity contribution in [3.8, 4) is 0 Å². The third kappa shape index (κ3) is 5.12. The number of benzene rings is 2. The number of rotatable bonds is 7. The second-order valence-corrected chi connectivity index (χ2v) is 8.90. The number of aryl methyl sites for hydroxylation is 2. The highest BCUT2D eigenvalue weighted by Crippen LogP contribution is 2.23. The molecule has 1 aliphatic heterocycles. The Morgan fingerprint density at radius 1 is 1.03 bits per heavy atom. The number of aromatic nitrogens is 2. The van der Waals surface area contributed by atoms with Crippen LogP contribution >= 0.6 is 11.8 Å². The minimum atomic E-state index is 0.0606. The van der Waals surface area contributed by atoms with Crippen LogP contribution in [0.15, 0.2) is 52.4 Å². The SMILES string of the molecule is Cc1cc(C)cc(CSc2nc3ccccc3c(=O)n2CCCN2CCOCC2)c1. The van der Waals surface area contributed by atoms with E-state index in [0.29, 0.717) is 11.9 Å². The Morgan fingerprint density at radius 2 is 1.77 bits per heavy atom. The number of morpholine rings is 1. The third-order valence-corrected chi connectivity index (χ3v) is 6.48. The van der Waals surface area contributed by atoms with Crippen LogP contribution in [0.2, 0.25) is 0 Å². The van der Waals surface area contributed by atoms with Crippen LogP contribution < -0.4 is 5.56 Å². The van der Waals surface area contributed by atoms with Crippen LogP contribution in [0.25, 0.3) is 10.9 Å². The lowest BCUT2D eigenvalue weighted by molar-refractivity contribution is 0.0368. The molecular formula is C24H29N3O2S. The summed E-state index contributed by atoms with van der Waals surface area (Å²) in [6.07, 6.45) is 0.928. The van der Waals surface area contributed by atoms with Gasteiger partial charge in [0.1, 0.15) is 0 Å². The monoisotopic (exact) mass is 423 g/mol. The maximum absolute atomic E-state index is 13.2. The van der Waals surface area contributed by atoms with Gasteiger partial charge >= 0.3 is 0 Å². The number of ether oxygens (including phenoxy) is 1. The van der Waals surface area contributed by atoms with Crippen molar-refractivity contribution in [2.75, 3.05) is 32.8 Å². The van der Waals surface area contributed by atoms with Gasteiger partial charge in [-0.25, -0.2) is 4.98 Å². The highest BCUT2D eigenvalue weighted by atomic mass is 32.2. The van der Waals surface area contributed by atoms with Gasteiger partial charge in [-0.05, 0) is 38.0 Å². The Kier molecular flexibility index (Phi) is 6.87. The zero-order valence-corrected chi connectivity index (χ0v) is 18.6. The zero-order chi connectivity index (χ0) is 20.9. The molecule has 4 rings (SSSR count). The van der Waals surface area contributed by atoms with Gasteiger partial charge < -0.3 is 4.74 Å². The molecule has 0 bridgehead atoms. The second kappa shape index (κ2) is 9.77. The molecule has 1 fully saturated rings. The topological polar surface area (TPSA) is 47.4 Å². The molecule has 30 heavy (non-hydrogen) atoms. The van der Waals surface area contributed by atoms with E-state index in [1.807, 2.05) is 28.8 Å². The van der Waals surface area contributed by atoms with Gasteiger partial charge in [0, 0.05) is 31.9 Å². The van der Waals surface area contributed by atoms with Gasteiger partial charge in [-0.1, -0.05) is 53.2 Å². The number of thioether (sulfide) groups is 1. The van der Waals surface area contributed by atoms with E-state index < -0.39 is 0 Å². The molecule has 0 N–H and O–H groups in total. The molecule has 0 spiro atoms. The fraction of sp³-hybridized carbons (Fsp3) is 0.417. The van der Waals surface area contributed by atoms with Gasteiger partial charge in [0.15, 0.2) is 5.16 Å². The van der Waals surface area contributed by atoms with Crippen molar-refractivity contribution >= 4 is 22.7 Å². The van der Waals surface area contributed by atoms with Crippen LogP contribution in [0.4, 0.5) is 0 Å². The van der Waals surface area contributed by atoms with E-state index in [1.165, 1.54) is 16.7 Å². The van der Waals surface area contributed by atoms with Gasteiger partial charge in [-0.3, -0.25) is 14.3 Å². The smallest absolute Gasteiger partial charge is 0.262 e. The quantitative estimate of drug-likeness (QED) is 0.424. The standard InChI is InChI=1S/C24H29N3O2S/c1-18-14-19(2)16-20(15-18)17-30-24-25-22-7-4-3-6-21(22)23(28)27(24)9-5-8-26-10-12-29-13-11-26/h3-4,6-7,14-16H,5,8-13,17H2,1-2H3. The van der Waals surface area contributed by atoms with Crippen LogP contribution in [0, 0.1) is 13.8 Å². The van der Waals surface area contributed by atoms with E-state index in [-0.39, 0.29) is 5.56 Å². The first-order chi connectivity index (χ1) is 14.6. The van der Waals surface area contributed by atoms with Gasteiger partial charge in [0.25, 0.3) is 5.56 Å². The van der Waals surface area contributed by atoms with Gasteiger partial charge in [0.05, 0.1) is 24.1 Å². The van der Waals surface area contributed by atoms with Crippen molar-refractivity contribution in [2.45, 2.75) is 37.7 Å². The van der Waals surface area contributed by atoms with E-state index in [0.717, 1.165) is 55.7 Å². The summed E-state index contributed by atoms with van der Waals surface area (Å²) < 4.78 is 7.30. The lowest BCUT2D eigenvalue weighted by Gasteiger charge is -2.26. The number of nitrogens with zero attached hydrogens (tertiary/aromatic N) is 3. The summed E-state index contributed by atoms with van der Waals surface area (Å²) >= 11 is 1.65. The first-order valence-electron chi connectivity index (χ1n) is 10.6. The average molecular weight is 424 g/mol. The summed E-state index contributed by atoms with van der Waals surface area (Å²) in [6, 6.07) is 14.3. The number of hydrogen-bond donors (Lipinski definition) is 0. The van der Waals surface area contributed by atoms with Gasteiger partial charge in [-0.2, -0.15) is 0 Å². The van der Waals surface area contributed by atoms with Crippen molar-refractivity contribution in [2.24, 2.45) is 0 Å². The van der Waals surface area contributed by atoms with Crippen molar-refractivity contribution in [3.05, 3.63) is 69.5 Å². The van der Waals surface area contributed by atoms with Crippen molar-refractivity contribution < 1.29 is 4.74 Å². The van der Waals surface area contributed by atoms with E-state index in [4.69, 9.17) is 9.72 Å². The molecule has 158 valence electrons. The Bertz CT molecular complexity index is 1050. The van der Waals surface area contributed by atoms with Crippen molar-refractivity contribution in [1.82, 2.24) is 14.5 Å². The summed E-state index contributed by atoms with van der Waals surface area (Å²) in [5, 5.41) is 1.50. The lowest BCUT2D eigenvalue weighted by Crippen LogP contribution is -2.37. The number of para-hydroxylation sites is 1. The minimum Gasteiger partial charge on any atom is -0.379 e. The fourth-order valence-corrected chi connectivity index (χ4v) is 4.99. The summed E-state index contributed by atoms with van der Waals surface area (Å²) in [5.41, 5.74) is 4.63. The van der Waals surface area contributed by atoms with Crippen molar-refractivity contribution in [3.63, 3.8) is 0 Å². The summed E-state index contributed by atoms with van der Waals surface area (Å²) in [4.78, 5) is 20.5. The van der Waals surface area contributed by atoms with Crippen LogP contribution in [0.5, 0.6) is 0 Å². The van der Waals surface area contributed by atoms with Crippen LogP contribution in [0.3, 0.4) is 0 Å². The molecule has 3 aromatic rings. The molecule has 2 heterocycles. The van der Waals surface area contributed by atoms with E-state index >= 15 is 0 Å². The highest BCUT2D eigenvalue weighted by Gasteiger charge is 2.14. The zero-order valence-electron chi connectivity index (χ0n) is 17.8. The molecule has 1 aromatic heterocycles. The maximum atomic E-state index is 13.2. The van der Waals surface area contributed by atoms with Gasteiger partial charge in [-0.15, -0.1) is 0 Å². The van der Waals surface area contributed by atoms with Crippen molar-refractivity contribution in [1.29, 1.82) is 0 Å². The Balaban J connectivity index is 1.56. The van der Waals surface area contributed by atoms with E-state index in [9.17, 15) is 4.79 Å². The summed E-state index contributed by atoms with van der Waals surface area (Å²) in [7, 11) is 0. The molecule has 0 atom stereocenters. The molecule has 0 unspecified atom stereocenters. The molecule has 1 saturated heterocycles. The summed E-state index contributed by atoms with van der Waals surface area (Å²) in [5.74, 6) is 0.802. The molecule has 5 nitrogen and oxygen atoms in total. The fourth-order valence-electron chi connectivity index (χ4n) is 4.03. The molecule has 2 aromatic carbocycles.